The number of carbonyl (C=O) groups excluding carboxylic acids is 2. The van der Waals surface area contributed by atoms with E-state index in [2.05, 4.69) is 0 Å². The number of hydrogen-bond donors (Lipinski definition) is 0. The lowest BCUT2D eigenvalue weighted by Crippen LogP contribution is -2.30. The zero-order valence-corrected chi connectivity index (χ0v) is 11.2. The number of ether oxygens (including phenoxy) is 1. The molecular formula is C12H9Cl2NO3. The third kappa shape index (κ3) is 1.87. The highest BCUT2D eigenvalue weighted by Gasteiger charge is 2.37. The van der Waals surface area contributed by atoms with Gasteiger partial charge in [0, 0.05) is 0 Å². The van der Waals surface area contributed by atoms with Gasteiger partial charge in [0.05, 0.1) is 12.8 Å². The molecule has 0 aromatic heterocycles. The second-order valence-corrected chi connectivity index (χ2v) is 4.48. The molecule has 1 aromatic carbocycles. The summed E-state index contributed by atoms with van der Waals surface area (Å²) in [4.78, 5) is 24.5. The Labute approximate surface area is 114 Å². The topological polar surface area (TPSA) is 46.6 Å². The molecule has 0 radical (unpaired) electrons. The number of hydrogen-bond acceptors (Lipinski definition) is 3. The Morgan fingerprint density at radius 2 is 1.67 bits per heavy atom. The number of rotatable bonds is 2. The van der Waals surface area contributed by atoms with Crippen LogP contribution in [0.25, 0.3) is 0 Å². The van der Waals surface area contributed by atoms with Gasteiger partial charge in [0.2, 0.25) is 0 Å². The van der Waals surface area contributed by atoms with Gasteiger partial charge in [0.15, 0.2) is 0 Å². The molecule has 0 fully saturated rings. The Morgan fingerprint density at radius 3 is 2.11 bits per heavy atom. The molecule has 0 saturated carbocycles. The first-order valence-electron chi connectivity index (χ1n) is 5.06. The number of imide groups is 1. The van der Waals surface area contributed by atoms with E-state index in [1.807, 2.05) is 6.92 Å². The predicted octanol–water partition coefficient (Wildman–Crippen LogP) is 2.57. The second kappa shape index (κ2) is 4.63. The Kier molecular flexibility index (Phi) is 3.32. The molecule has 2 amide bonds. The van der Waals surface area contributed by atoms with E-state index in [0.29, 0.717) is 11.4 Å². The van der Waals surface area contributed by atoms with Gasteiger partial charge in [-0.3, -0.25) is 9.59 Å². The molecule has 0 aliphatic carbocycles. The molecule has 0 spiro atoms. The number of amides is 2. The van der Waals surface area contributed by atoms with Crippen molar-refractivity contribution in [1.82, 2.24) is 0 Å². The summed E-state index contributed by atoms with van der Waals surface area (Å²) >= 11 is 11.3. The zero-order chi connectivity index (χ0) is 13.4. The van der Waals surface area contributed by atoms with Gasteiger partial charge >= 0.3 is 0 Å². The monoisotopic (exact) mass is 285 g/mol. The highest BCUT2D eigenvalue weighted by Crippen LogP contribution is 2.33. The second-order valence-electron chi connectivity index (χ2n) is 3.73. The van der Waals surface area contributed by atoms with Crippen LogP contribution in [0.1, 0.15) is 5.56 Å². The summed E-state index contributed by atoms with van der Waals surface area (Å²) in [6, 6.07) is 4.93. The molecule has 18 heavy (non-hydrogen) atoms. The van der Waals surface area contributed by atoms with Crippen molar-refractivity contribution in [1.29, 1.82) is 0 Å². The Balaban J connectivity index is 2.43. The number of nitrogens with zero attached hydrogens (tertiary/aromatic N) is 1. The standard InChI is InChI=1S/C12H9Cl2NO3/c1-6-5-7(3-4-8(6)18-2)15-11(16)9(13)10(14)12(15)17/h3-5H,1-2H3. The van der Waals surface area contributed by atoms with Crippen LogP contribution in [-0.2, 0) is 9.59 Å². The van der Waals surface area contributed by atoms with E-state index >= 15 is 0 Å². The Hall–Kier alpha value is -1.52. The first-order chi connectivity index (χ1) is 8.47. The van der Waals surface area contributed by atoms with Gasteiger partial charge < -0.3 is 4.74 Å². The van der Waals surface area contributed by atoms with E-state index in [4.69, 9.17) is 27.9 Å². The zero-order valence-electron chi connectivity index (χ0n) is 9.66. The smallest absolute Gasteiger partial charge is 0.278 e. The molecule has 1 aliphatic heterocycles. The van der Waals surface area contributed by atoms with Crippen LogP contribution in [0.15, 0.2) is 28.3 Å². The molecule has 0 saturated heterocycles. The van der Waals surface area contributed by atoms with Gasteiger partial charge in [0.1, 0.15) is 15.8 Å². The molecule has 4 nitrogen and oxygen atoms in total. The maximum absolute atomic E-state index is 11.8. The molecule has 2 rings (SSSR count). The number of anilines is 1. The summed E-state index contributed by atoms with van der Waals surface area (Å²) in [6.07, 6.45) is 0. The van der Waals surface area contributed by atoms with E-state index in [-0.39, 0.29) is 10.1 Å². The van der Waals surface area contributed by atoms with E-state index in [9.17, 15) is 9.59 Å². The lowest BCUT2D eigenvalue weighted by molar-refractivity contribution is -0.120. The van der Waals surface area contributed by atoms with Gasteiger partial charge in [0.25, 0.3) is 11.8 Å². The summed E-state index contributed by atoms with van der Waals surface area (Å²) in [5, 5.41) is -0.509. The predicted molar refractivity (Wildman–Crippen MR) is 69.0 cm³/mol. The quantitative estimate of drug-likeness (QED) is 0.785. The molecule has 94 valence electrons. The fourth-order valence-corrected chi connectivity index (χ4v) is 2.04. The third-order valence-corrected chi connectivity index (χ3v) is 3.41. The van der Waals surface area contributed by atoms with Gasteiger partial charge in [-0.1, -0.05) is 23.2 Å². The summed E-state index contributed by atoms with van der Waals surface area (Å²) < 4.78 is 5.11. The molecule has 1 aliphatic rings. The average Bonchev–Trinajstić information content (AvgIpc) is 2.54. The highest BCUT2D eigenvalue weighted by atomic mass is 35.5. The van der Waals surface area contributed by atoms with Crippen LogP contribution in [0, 0.1) is 6.92 Å². The summed E-state index contributed by atoms with van der Waals surface area (Å²) in [6.45, 7) is 1.81. The van der Waals surface area contributed by atoms with Crippen LogP contribution in [0.3, 0.4) is 0 Å². The molecule has 0 bridgehead atoms. The van der Waals surface area contributed by atoms with Gasteiger partial charge in [-0.2, -0.15) is 0 Å². The molecule has 0 unspecified atom stereocenters. The van der Waals surface area contributed by atoms with E-state index in [0.717, 1.165) is 10.5 Å². The lowest BCUT2D eigenvalue weighted by Gasteiger charge is -2.15. The van der Waals surface area contributed by atoms with Crippen LogP contribution < -0.4 is 9.64 Å². The van der Waals surface area contributed by atoms with Crippen LogP contribution in [0.5, 0.6) is 5.75 Å². The Bertz CT molecular complexity index is 557. The van der Waals surface area contributed by atoms with Gasteiger partial charge in [-0.05, 0) is 30.7 Å². The first kappa shape index (κ1) is 12.9. The van der Waals surface area contributed by atoms with Crippen molar-refractivity contribution in [3.8, 4) is 5.75 Å². The third-order valence-electron chi connectivity index (χ3n) is 2.61. The molecule has 1 aromatic rings. The van der Waals surface area contributed by atoms with Crippen molar-refractivity contribution >= 4 is 40.7 Å². The van der Waals surface area contributed by atoms with Crippen molar-refractivity contribution in [2.75, 3.05) is 12.0 Å². The number of carbonyl (C=O) groups is 2. The minimum absolute atomic E-state index is 0.255. The van der Waals surface area contributed by atoms with Crippen LogP contribution in [-0.4, -0.2) is 18.9 Å². The molecular weight excluding hydrogens is 277 g/mol. The molecule has 1 heterocycles. The van der Waals surface area contributed by atoms with Crippen molar-refractivity contribution in [3.05, 3.63) is 33.8 Å². The first-order valence-corrected chi connectivity index (χ1v) is 5.81. The van der Waals surface area contributed by atoms with Gasteiger partial charge in [-0.25, -0.2) is 4.90 Å². The van der Waals surface area contributed by atoms with E-state index < -0.39 is 11.8 Å². The average molecular weight is 286 g/mol. The SMILES string of the molecule is COc1ccc(N2C(=O)C(Cl)=C(Cl)C2=O)cc1C. The highest BCUT2D eigenvalue weighted by molar-refractivity contribution is 6.62. The molecule has 0 N–H and O–H groups in total. The maximum Gasteiger partial charge on any atom is 0.278 e. The summed E-state index contributed by atoms with van der Waals surface area (Å²) in [5.41, 5.74) is 1.21. The largest absolute Gasteiger partial charge is 0.496 e. The number of halogens is 2. The Morgan fingerprint density at radius 1 is 1.11 bits per heavy atom. The minimum Gasteiger partial charge on any atom is -0.496 e. The summed E-state index contributed by atoms with van der Waals surface area (Å²) in [7, 11) is 1.55. The number of methoxy groups -OCH3 is 1. The maximum atomic E-state index is 11.8. The minimum atomic E-state index is -0.615. The van der Waals surface area contributed by atoms with Gasteiger partial charge in [-0.15, -0.1) is 0 Å². The van der Waals surface area contributed by atoms with E-state index in [1.165, 1.54) is 0 Å². The van der Waals surface area contributed by atoms with Crippen molar-refractivity contribution < 1.29 is 14.3 Å². The molecule has 6 heteroatoms. The normalized spacial score (nSPS) is 15.7. The van der Waals surface area contributed by atoms with Crippen LogP contribution >= 0.6 is 23.2 Å². The fraction of sp³-hybridized carbons (Fsp3) is 0.167. The summed E-state index contributed by atoms with van der Waals surface area (Å²) in [5.74, 6) is -0.560. The van der Waals surface area contributed by atoms with Crippen molar-refractivity contribution in [2.45, 2.75) is 6.92 Å². The number of aryl methyl sites for hydroxylation is 1. The lowest BCUT2D eigenvalue weighted by atomic mass is 10.2. The van der Waals surface area contributed by atoms with Crippen molar-refractivity contribution in [3.63, 3.8) is 0 Å². The van der Waals surface area contributed by atoms with Crippen molar-refractivity contribution in [2.24, 2.45) is 0 Å². The fourth-order valence-electron chi connectivity index (χ4n) is 1.71. The van der Waals surface area contributed by atoms with E-state index in [1.54, 1.807) is 25.3 Å². The van der Waals surface area contributed by atoms with Crippen LogP contribution in [0.4, 0.5) is 5.69 Å². The number of benzene rings is 1. The molecule has 0 atom stereocenters. The van der Waals surface area contributed by atoms with Crippen LogP contribution in [0.2, 0.25) is 0 Å².